The number of hydrogen-bond donors (Lipinski definition) is 2. The Hall–Kier alpha value is -2.21. The number of likely N-dealkylation sites (tertiary alicyclic amines) is 1. The van der Waals surface area contributed by atoms with Crippen LogP contribution in [0.15, 0.2) is 54.6 Å². The van der Waals surface area contributed by atoms with Crippen LogP contribution in [-0.2, 0) is 6.42 Å². The maximum Gasteiger partial charge on any atom is 0.256 e. The highest BCUT2D eigenvalue weighted by Gasteiger charge is 2.32. The number of fused-ring (bicyclic) bond motifs is 1. The van der Waals surface area contributed by atoms with E-state index in [0.717, 1.165) is 38.3 Å². The Morgan fingerprint density at radius 3 is 2.41 bits per heavy atom. The molecule has 0 radical (unpaired) electrons. The van der Waals surface area contributed by atoms with Crippen LogP contribution in [0.2, 0.25) is 0 Å². The second-order valence-corrected chi connectivity index (χ2v) is 9.04. The van der Waals surface area contributed by atoms with Crippen molar-refractivity contribution in [3.63, 3.8) is 0 Å². The summed E-state index contributed by atoms with van der Waals surface area (Å²) in [5.74, 6) is 0.606. The topological polar surface area (TPSA) is 64.0 Å². The molecule has 1 amide bonds. The van der Waals surface area contributed by atoms with Crippen molar-refractivity contribution in [2.45, 2.75) is 64.3 Å². The normalized spacial score (nSPS) is 24.0. The van der Waals surface area contributed by atoms with Crippen molar-refractivity contribution in [1.29, 1.82) is 0 Å². The quantitative estimate of drug-likeness (QED) is 0.708. The minimum Gasteiger partial charge on any atom is -0.392 e. The molecular weight excluding hydrogens is 400 g/mol. The fourth-order valence-electron chi connectivity index (χ4n) is 4.92. The van der Waals surface area contributed by atoms with E-state index in [1.54, 1.807) is 25.2 Å². The van der Waals surface area contributed by atoms with E-state index >= 15 is 0 Å². The van der Waals surface area contributed by atoms with Crippen LogP contribution in [0.4, 0.5) is 0 Å². The summed E-state index contributed by atoms with van der Waals surface area (Å²) in [7, 11) is 1.59. The van der Waals surface area contributed by atoms with Crippen molar-refractivity contribution in [2.75, 3.05) is 20.1 Å². The Morgan fingerprint density at radius 1 is 1.06 bits per heavy atom. The molecular formula is C27H38N2O3. The van der Waals surface area contributed by atoms with Crippen molar-refractivity contribution in [3.05, 3.63) is 71.3 Å². The lowest BCUT2D eigenvalue weighted by molar-refractivity contribution is 0.00732. The van der Waals surface area contributed by atoms with Gasteiger partial charge in [-0.25, -0.2) is 0 Å². The average molecular weight is 439 g/mol. The number of aliphatic hydroxyl groups is 2. The van der Waals surface area contributed by atoms with E-state index in [9.17, 15) is 15.0 Å². The Bertz CT molecular complexity index is 857. The van der Waals surface area contributed by atoms with E-state index < -0.39 is 6.23 Å². The van der Waals surface area contributed by atoms with Crippen LogP contribution in [0.25, 0.3) is 0 Å². The summed E-state index contributed by atoms with van der Waals surface area (Å²) >= 11 is 0. The van der Waals surface area contributed by atoms with E-state index in [1.807, 2.05) is 6.07 Å². The van der Waals surface area contributed by atoms with Gasteiger partial charge in [-0.1, -0.05) is 62.4 Å². The van der Waals surface area contributed by atoms with Crippen molar-refractivity contribution in [1.82, 2.24) is 9.80 Å². The first-order valence-corrected chi connectivity index (χ1v) is 12.0. The molecule has 32 heavy (non-hydrogen) atoms. The highest BCUT2D eigenvalue weighted by molar-refractivity contribution is 5.98. The zero-order valence-electron chi connectivity index (χ0n) is 19.7. The van der Waals surface area contributed by atoms with Crippen LogP contribution >= 0.6 is 0 Å². The maximum absolute atomic E-state index is 11.4. The molecule has 2 aromatic carbocycles. The monoisotopic (exact) mass is 438 g/mol. The zero-order chi connectivity index (χ0) is 23.1. The van der Waals surface area contributed by atoms with Gasteiger partial charge in [-0.2, -0.15) is 0 Å². The van der Waals surface area contributed by atoms with Crippen LogP contribution in [0.1, 0.15) is 67.2 Å². The molecule has 1 fully saturated rings. The van der Waals surface area contributed by atoms with Crippen molar-refractivity contribution >= 4 is 5.91 Å². The predicted octanol–water partition coefficient (Wildman–Crippen LogP) is 4.25. The summed E-state index contributed by atoms with van der Waals surface area (Å²) in [6.07, 6.45) is 4.67. The predicted molar refractivity (Wildman–Crippen MR) is 128 cm³/mol. The standard InChI is InChI=1S/C18H29NO.C9H9NO2/c1-3-11-19-12-10-16(14-17(19)18(20)4-2)13-15-8-6-5-7-9-15;1-10-8(11)6-4-2-3-5-7(6)9(10)12/h5-9,16-18,20H,3-4,10-14H2,1-2H3;2-5,8,11H,1H3/t16-,17?,18+;/m1./s1. The van der Waals surface area contributed by atoms with Crippen LogP contribution in [0.3, 0.4) is 0 Å². The molecule has 4 atom stereocenters. The van der Waals surface area contributed by atoms with Gasteiger partial charge in [-0.15, -0.1) is 0 Å². The van der Waals surface area contributed by atoms with Gasteiger partial charge < -0.3 is 15.1 Å². The number of carbonyl (C=O) groups is 1. The second-order valence-electron chi connectivity index (χ2n) is 9.04. The van der Waals surface area contributed by atoms with E-state index in [0.29, 0.717) is 17.2 Å². The van der Waals surface area contributed by atoms with Gasteiger partial charge in [0.05, 0.1) is 6.10 Å². The molecule has 2 heterocycles. The number of amides is 1. The first-order chi connectivity index (χ1) is 15.5. The molecule has 2 aliphatic rings. The molecule has 5 nitrogen and oxygen atoms in total. The summed E-state index contributed by atoms with van der Waals surface area (Å²) in [5, 5.41) is 19.8. The molecule has 2 aliphatic heterocycles. The molecule has 4 rings (SSSR count). The second kappa shape index (κ2) is 11.6. The summed E-state index contributed by atoms with van der Waals surface area (Å²) in [6.45, 7) is 6.59. The summed E-state index contributed by atoms with van der Waals surface area (Å²) in [6, 6.07) is 18.2. The number of piperidine rings is 1. The molecule has 0 spiro atoms. The highest BCUT2D eigenvalue weighted by atomic mass is 16.3. The van der Waals surface area contributed by atoms with Crippen LogP contribution in [-0.4, -0.2) is 58.2 Å². The third-order valence-corrected chi connectivity index (χ3v) is 6.77. The number of rotatable bonds is 6. The Labute approximate surface area is 192 Å². The fourth-order valence-corrected chi connectivity index (χ4v) is 4.92. The first-order valence-electron chi connectivity index (χ1n) is 12.0. The van der Waals surface area contributed by atoms with E-state index in [4.69, 9.17) is 0 Å². The van der Waals surface area contributed by atoms with Gasteiger partial charge in [0.1, 0.15) is 0 Å². The van der Waals surface area contributed by atoms with E-state index in [2.05, 4.69) is 49.1 Å². The maximum atomic E-state index is 11.4. The average Bonchev–Trinajstić information content (AvgIpc) is 3.05. The zero-order valence-corrected chi connectivity index (χ0v) is 19.7. The molecule has 2 N–H and O–H groups in total. The van der Waals surface area contributed by atoms with E-state index in [1.165, 1.54) is 23.3 Å². The van der Waals surface area contributed by atoms with Gasteiger partial charge >= 0.3 is 0 Å². The summed E-state index contributed by atoms with van der Waals surface area (Å²) in [5.41, 5.74) is 2.74. The highest BCUT2D eigenvalue weighted by Crippen LogP contribution is 2.30. The lowest BCUT2D eigenvalue weighted by Crippen LogP contribution is -2.49. The number of nitrogens with zero attached hydrogens (tertiary/aromatic N) is 2. The first kappa shape index (κ1) is 24.4. The lowest BCUT2D eigenvalue weighted by atomic mass is 9.83. The Kier molecular flexibility index (Phi) is 8.85. The smallest absolute Gasteiger partial charge is 0.256 e. The van der Waals surface area contributed by atoms with Crippen molar-refractivity contribution < 1.29 is 15.0 Å². The summed E-state index contributed by atoms with van der Waals surface area (Å²) < 4.78 is 0. The molecule has 2 aromatic rings. The molecule has 0 bridgehead atoms. The number of carbonyl (C=O) groups excluding carboxylic acids is 1. The molecule has 0 saturated carbocycles. The molecule has 0 aliphatic carbocycles. The third-order valence-electron chi connectivity index (χ3n) is 6.77. The van der Waals surface area contributed by atoms with Gasteiger partial charge in [-0.3, -0.25) is 9.69 Å². The molecule has 0 aromatic heterocycles. The number of benzene rings is 2. The third kappa shape index (κ3) is 5.77. The van der Waals surface area contributed by atoms with Crippen LogP contribution in [0.5, 0.6) is 0 Å². The van der Waals surface area contributed by atoms with Gasteiger partial charge in [-0.05, 0) is 62.7 Å². The van der Waals surface area contributed by atoms with Crippen LogP contribution in [0, 0.1) is 5.92 Å². The molecule has 5 heteroatoms. The van der Waals surface area contributed by atoms with Gasteiger partial charge in [0.15, 0.2) is 6.23 Å². The van der Waals surface area contributed by atoms with Crippen LogP contribution < -0.4 is 0 Å². The van der Waals surface area contributed by atoms with Crippen molar-refractivity contribution in [3.8, 4) is 0 Å². The largest absolute Gasteiger partial charge is 0.392 e. The Balaban J connectivity index is 0.000000204. The minimum absolute atomic E-state index is 0.113. The number of hydrogen-bond acceptors (Lipinski definition) is 4. The lowest BCUT2D eigenvalue weighted by Gasteiger charge is -2.41. The van der Waals surface area contributed by atoms with Gasteiger partial charge in [0.2, 0.25) is 0 Å². The molecule has 2 unspecified atom stereocenters. The van der Waals surface area contributed by atoms with Gasteiger partial charge in [0, 0.05) is 24.2 Å². The molecule has 1 saturated heterocycles. The SMILES string of the molecule is CCCN1CC[C@H](Cc2ccccc2)CC1[C@@H](O)CC.CN1C(=O)c2ccccc2C1O. The summed E-state index contributed by atoms with van der Waals surface area (Å²) in [4.78, 5) is 15.2. The minimum atomic E-state index is -0.770. The van der Waals surface area contributed by atoms with Crippen molar-refractivity contribution in [2.24, 2.45) is 5.92 Å². The van der Waals surface area contributed by atoms with E-state index in [-0.39, 0.29) is 12.0 Å². The van der Waals surface area contributed by atoms with Gasteiger partial charge in [0.25, 0.3) is 5.91 Å². The Morgan fingerprint density at radius 2 is 1.75 bits per heavy atom. The molecule has 174 valence electrons. The number of aliphatic hydroxyl groups excluding tert-OH is 2. The fraction of sp³-hybridized carbons (Fsp3) is 0.519.